The van der Waals surface area contributed by atoms with Crippen LogP contribution in [0.1, 0.15) is 12.5 Å². The van der Waals surface area contributed by atoms with Gasteiger partial charge in [-0.2, -0.15) is 0 Å². The summed E-state index contributed by atoms with van der Waals surface area (Å²) in [5, 5.41) is 4.28. The molecule has 0 fully saturated rings. The predicted octanol–water partition coefficient (Wildman–Crippen LogP) is 2.27. The van der Waals surface area contributed by atoms with E-state index in [1.54, 1.807) is 0 Å². The summed E-state index contributed by atoms with van der Waals surface area (Å²) in [5.74, 6) is 0.721. The van der Waals surface area contributed by atoms with Gasteiger partial charge in [0.1, 0.15) is 0 Å². The van der Waals surface area contributed by atoms with Gasteiger partial charge in [-0.1, -0.05) is 18.2 Å². The van der Waals surface area contributed by atoms with Crippen LogP contribution in [0.5, 0.6) is 0 Å². The molecule has 61 valence electrons. The SMILES string of the molecule is CCOC1=Cc2ccccc2[N]1. The monoisotopic (exact) mass is 160 g/mol. The molecule has 0 unspecified atom stereocenters. The summed E-state index contributed by atoms with van der Waals surface area (Å²) < 4.78 is 5.28. The molecular weight excluding hydrogens is 150 g/mol. The topological polar surface area (TPSA) is 23.3 Å². The predicted molar refractivity (Wildman–Crippen MR) is 47.8 cm³/mol. The lowest BCUT2D eigenvalue weighted by atomic mass is 10.2. The van der Waals surface area contributed by atoms with Crippen molar-refractivity contribution in [1.82, 2.24) is 5.32 Å². The lowest BCUT2D eigenvalue weighted by Gasteiger charge is -2.01. The van der Waals surface area contributed by atoms with Crippen molar-refractivity contribution in [3.05, 3.63) is 35.7 Å². The minimum absolute atomic E-state index is 0.670. The van der Waals surface area contributed by atoms with Crippen LogP contribution in [0.3, 0.4) is 0 Å². The van der Waals surface area contributed by atoms with Gasteiger partial charge in [0.15, 0.2) is 0 Å². The van der Waals surface area contributed by atoms with Crippen molar-refractivity contribution < 1.29 is 4.74 Å². The lowest BCUT2D eigenvalue weighted by molar-refractivity contribution is 0.219. The maximum Gasteiger partial charge on any atom is 0.214 e. The summed E-state index contributed by atoms with van der Waals surface area (Å²) in [6.07, 6.45) is 1.96. The first-order chi connectivity index (χ1) is 5.90. The largest absolute Gasteiger partial charge is 0.478 e. The Hall–Kier alpha value is -1.44. The second-order valence-electron chi connectivity index (χ2n) is 2.59. The fourth-order valence-corrected chi connectivity index (χ4v) is 1.22. The second kappa shape index (κ2) is 2.89. The smallest absolute Gasteiger partial charge is 0.214 e. The third-order valence-electron chi connectivity index (χ3n) is 1.74. The van der Waals surface area contributed by atoms with Crippen LogP contribution in [0.4, 0.5) is 5.69 Å². The number of nitrogens with zero attached hydrogens (tertiary/aromatic N) is 1. The van der Waals surface area contributed by atoms with Gasteiger partial charge in [0.2, 0.25) is 5.88 Å². The van der Waals surface area contributed by atoms with Gasteiger partial charge in [-0.3, -0.25) is 0 Å². The van der Waals surface area contributed by atoms with Gasteiger partial charge in [-0.15, -0.1) is 0 Å². The van der Waals surface area contributed by atoms with E-state index in [0.717, 1.165) is 17.1 Å². The standard InChI is InChI=1S/C10H10NO/c1-2-12-10-7-8-5-3-4-6-9(8)11-10/h3-7H,2H2,1H3. The van der Waals surface area contributed by atoms with E-state index in [9.17, 15) is 0 Å². The average molecular weight is 160 g/mol. The van der Waals surface area contributed by atoms with E-state index in [0.29, 0.717) is 6.61 Å². The molecule has 1 radical (unpaired) electrons. The summed E-state index contributed by atoms with van der Waals surface area (Å²) in [6.45, 7) is 2.63. The molecule has 0 saturated heterocycles. The summed E-state index contributed by atoms with van der Waals surface area (Å²) >= 11 is 0. The zero-order chi connectivity index (χ0) is 8.39. The number of hydrogen-bond acceptors (Lipinski definition) is 1. The molecule has 2 heteroatoms. The Balaban J connectivity index is 2.23. The normalized spacial score (nSPS) is 13.2. The minimum atomic E-state index is 0.670. The highest BCUT2D eigenvalue weighted by atomic mass is 16.5. The summed E-state index contributed by atoms with van der Waals surface area (Å²) in [4.78, 5) is 0. The van der Waals surface area contributed by atoms with Gasteiger partial charge in [0.25, 0.3) is 0 Å². The van der Waals surface area contributed by atoms with Crippen molar-refractivity contribution in [2.75, 3.05) is 6.61 Å². The number of ether oxygens (including phenoxy) is 1. The van der Waals surface area contributed by atoms with Crippen LogP contribution in [0.2, 0.25) is 0 Å². The first-order valence-electron chi connectivity index (χ1n) is 4.05. The van der Waals surface area contributed by atoms with E-state index < -0.39 is 0 Å². The third-order valence-corrected chi connectivity index (χ3v) is 1.74. The van der Waals surface area contributed by atoms with Crippen molar-refractivity contribution in [3.63, 3.8) is 0 Å². The molecule has 1 aromatic rings. The number of rotatable bonds is 2. The molecule has 0 aromatic heterocycles. The molecule has 12 heavy (non-hydrogen) atoms. The van der Waals surface area contributed by atoms with Crippen molar-refractivity contribution in [3.8, 4) is 0 Å². The highest BCUT2D eigenvalue weighted by molar-refractivity contribution is 5.70. The van der Waals surface area contributed by atoms with Crippen molar-refractivity contribution in [2.24, 2.45) is 0 Å². The van der Waals surface area contributed by atoms with E-state index in [2.05, 4.69) is 5.32 Å². The maximum atomic E-state index is 5.28. The highest BCUT2D eigenvalue weighted by Crippen LogP contribution is 2.26. The molecule has 0 bridgehead atoms. The van der Waals surface area contributed by atoms with Gasteiger partial charge >= 0.3 is 0 Å². The summed E-state index contributed by atoms with van der Waals surface area (Å²) in [5.41, 5.74) is 2.14. The molecule has 0 saturated carbocycles. The van der Waals surface area contributed by atoms with E-state index >= 15 is 0 Å². The van der Waals surface area contributed by atoms with Crippen LogP contribution in [0.25, 0.3) is 6.08 Å². The zero-order valence-electron chi connectivity index (χ0n) is 6.95. The lowest BCUT2D eigenvalue weighted by Crippen LogP contribution is -1.97. The molecular formula is C10H10NO. The first-order valence-corrected chi connectivity index (χ1v) is 4.05. The van der Waals surface area contributed by atoms with E-state index in [1.165, 1.54) is 0 Å². The van der Waals surface area contributed by atoms with Crippen LogP contribution in [0, 0.1) is 0 Å². The van der Waals surface area contributed by atoms with Gasteiger partial charge in [-0.25, -0.2) is 5.32 Å². The van der Waals surface area contributed by atoms with Gasteiger partial charge in [-0.05, 0) is 13.0 Å². The zero-order valence-corrected chi connectivity index (χ0v) is 6.95. The Bertz CT molecular complexity index is 317. The third kappa shape index (κ3) is 1.16. The van der Waals surface area contributed by atoms with Crippen LogP contribution >= 0.6 is 0 Å². The number of para-hydroxylation sites is 1. The Morgan fingerprint density at radius 3 is 2.92 bits per heavy atom. The number of hydrogen-bond donors (Lipinski definition) is 0. The second-order valence-corrected chi connectivity index (χ2v) is 2.59. The number of benzene rings is 1. The molecule has 0 N–H and O–H groups in total. The summed E-state index contributed by atoms with van der Waals surface area (Å²) in [6, 6.07) is 7.99. The van der Waals surface area contributed by atoms with E-state index in [1.807, 2.05) is 37.3 Å². The molecule has 1 heterocycles. The molecule has 1 aliphatic rings. The minimum Gasteiger partial charge on any atom is -0.478 e. The van der Waals surface area contributed by atoms with Crippen LogP contribution in [0.15, 0.2) is 30.1 Å². The number of fused-ring (bicyclic) bond motifs is 1. The van der Waals surface area contributed by atoms with Gasteiger partial charge in [0.05, 0.1) is 12.3 Å². The Labute approximate surface area is 71.9 Å². The molecule has 0 amide bonds. The van der Waals surface area contributed by atoms with Crippen molar-refractivity contribution in [1.29, 1.82) is 0 Å². The van der Waals surface area contributed by atoms with E-state index in [-0.39, 0.29) is 0 Å². The maximum absolute atomic E-state index is 5.28. The molecule has 0 aliphatic carbocycles. The Kier molecular flexibility index (Phi) is 1.74. The molecule has 2 rings (SSSR count). The van der Waals surface area contributed by atoms with E-state index in [4.69, 9.17) is 4.74 Å². The fourth-order valence-electron chi connectivity index (χ4n) is 1.22. The van der Waals surface area contributed by atoms with Crippen LogP contribution in [-0.4, -0.2) is 6.61 Å². The molecule has 1 aromatic carbocycles. The highest BCUT2D eigenvalue weighted by Gasteiger charge is 2.12. The first kappa shape index (κ1) is 7.22. The van der Waals surface area contributed by atoms with Gasteiger partial charge < -0.3 is 4.74 Å². The average Bonchev–Trinajstić information content (AvgIpc) is 2.47. The molecule has 1 aliphatic heterocycles. The van der Waals surface area contributed by atoms with Crippen LogP contribution < -0.4 is 5.32 Å². The Morgan fingerprint density at radius 2 is 2.17 bits per heavy atom. The molecule has 2 nitrogen and oxygen atoms in total. The quantitative estimate of drug-likeness (QED) is 0.651. The van der Waals surface area contributed by atoms with Crippen LogP contribution in [-0.2, 0) is 4.74 Å². The van der Waals surface area contributed by atoms with Gasteiger partial charge in [0, 0.05) is 11.6 Å². The fraction of sp³-hybridized carbons (Fsp3) is 0.200. The summed E-state index contributed by atoms with van der Waals surface area (Å²) in [7, 11) is 0. The van der Waals surface area contributed by atoms with Crippen molar-refractivity contribution >= 4 is 11.8 Å². The molecule has 0 spiro atoms. The van der Waals surface area contributed by atoms with Crippen molar-refractivity contribution in [2.45, 2.75) is 6.92 Å². The Morgan fingerprint density at radius 1 is 1.33 bits per heavy atom. The molecule has 0 atom stereocenters.